The Balaban J connectivity index is 0.000000310. The van der Waals surface area contributed by atoms with Gasteiger partial charge in [0.2, 0.25) is 0 Å². The number of aldehydes is 1. The van der Waals surface area contributed by atoms with Crippen LogP contribution in [0.5, 0.6) is 0 Å². The molecular formula is C10H13ClO2. The average Bonchev–Trinajstić information content (AvgIpc) is 2.04. The molecule has 0 bridgehead atoms. The van der Waals surface area contributed by atoms with Crippen molar-refractivity contribution in [1.29, 1.82) is 0 Å². The summed E-state index contributed by atoms with van der Waals surface area (Å²) in [6.45, 7) is 3.44. The number of benzene rings is 1. The molecular weight excluding hydrogens is 188 g/mol. The van der Waals surface area contributed by atoms with Crippen molar-refractivity contribution in [3.8, 4) is 0 Å². The monoisotopic (exact) mass is 200 g/mol. The number of aliphatic hydroxyl groups is 1. The van der Waals surface area contributed by atoms with Gasteiger partial charge in [0.25, 0.3) is 0 Å². The highest BCUT2D eigenvalue weighted by atomic mass is 35.5. The van der Waals surface area contributed by atoms with Crippen LogP contribution in [0.1, 0.15) is 24.2 Å². The molecule has 1 N–H and O–H groups in total. The predicted octanol–water partition coefficient (Wildman–Crippen LogP) is 2.54. The number of carbonyl (C=O) groups is 1. The molecule has 0 aliphatic rings. The van der Waals surface area contributed by atoms with Crippen molar-refractivity contribution in [3.05, 3.63) is 34.9 Å². The van der Waals surface area contributed by atoms with Crippen molar-refractivity contribution < 1.29 is 9.90 Å². The first-order valence-corrected chi connectivity index (χ1v) is 4.33. The molecule has 0 aliphatic heterocycles. The fourth-order valence-electron chi connectivity index (χ4n) is 0.571. The van der Waals surface area contributed by atoms with Gasteiger partial charge in [-0.15, -0.1) is 0 Å². The maximum absolute atomic E-state index is 10.1. The Morgan fingerprint density at radius 1 is 1.38 bits per heavy atom. The van der Waals surface area contributed by atoms with Crippen LogP contribution in [-0.2, 0) is 0 Å². The number of aliphatic hydroxyl groups excluding tert-OH is 1. The van der Waals surface area contributed by atoms with Gasteiger partial charge in [-0.25, -0.2) is 0 Å². The molecule has 13 heavy (non-hydrogen) atoms. The molecule has 1 aromatic carbocycles. The molecule has 0 aliphatic carbocycles. The Labute approximate surface area is 83.2 Å². The lowest BCUT2D eigenvalue weighted by Crippen LogP contribution is -1.85. The standard InChI is InChI=1S/C7H5ClO.C3H8O/c8-7-4-2-1-3-6(7)5-9;1-3(2)4/h1-5H;3-4H,1-2H3. The van der Waals surface area contributed by atoms with E-state index < -0.39 is 0 Å². The Hall–Kier alpha value is -0.860. The lowest BCUT2D eigenvalue weighted by atomic mass is 10.2. The summed E-state index contributed by atoms with van der Waals surface area (Å²) in [4.78, 5) is 10.1. The molecule has 2 nitrogen and oxygen atoms in total. The second-order valence-electron chi connectivity index (χ2n) is 2.73. The zero-order valence-electron chi connectivity index (χ0n) is 7.70. The van der Waals surface area contributed by atoms with E-state index in [9.17, 15) is 4.79 Å². The quantitative estimate of drug-likeness (QED) is 0.708. The summed E-state index contributed by atoms with van der Waals surface area (Å²) in [5, 5.41) is 8.56. The van der Waals surface area contributed by atoms with E-state index in [4.69, 9.17) is 16.7 Å². The highest BCUT2D eigenvalue weighted by Gasteiger charge is 1.92. The molecule has 0 spiro atoms. The van der Waals surface area contributed by atoms with Gasteiger partial charge in [0.05, 0.1) is 5.02 Å². The Kier molecular flexibility index (Phi) is 6.20. The Morgan fingerprint density at radius 2 is 1.85 bits per heavy atom. The maximum atomic E-state index is 10.1. The van der Waals surface area contributed by atoms with Gasteiger partial charge >= 0.3 is 0 Å². The van der Waals surface area contributed by atoms with Gasteiger partial charge < -0.3 is 5.11 Å². The van der Waals surface area contributed by atoms with E-state index in [2.05, 4.69) is 0 Å². The van der Waals surface area contributed by atoms with Gasteiger partial charge in [-0.2, -0.15) is 0 Å². The summed E-state index contributed by atoms with van der Waals surface area (Å²) < 4.78 is 0. The largest absolute Gasteiger partial charge is 0.394 e. The van der Waals surface area contributed by atoms with Crippen LogP contribution in [0.3, 0.4) is 0 Å². The average molecular weight is 201 g/mol. The van der Waals surface area contributed by atoms with Crippen LogP contribution in [-0.4, -0.2) is 17.5 Å². The van der Waals surface area contributed by atoms with Crippen LogP contribution in [0, 0.1) is 0 Å². The van der Waals surface area contributed by atoms with Crippen LogP contribution in [0.4, 0.5) is 0 Å². The lowest BCUT2D eigenvalue weighted by Gasteiger charge is -1.90. The van der Waals surface area contributed by atoms with Gasteiger partial charge in [-0.1, -0.05) is 29.8 Å². The second-order valence-corrected chi connectivity index (χ2v) is 3.14. The summed E-state index contributed by atoms with van der Waals surface area (Å²) in [5.41, 5.74) is 0.541. The van der Waals surface area contributed by atoms with Crippen LogP contribution in [0.25, 0.3) is 0 Å². The molecule has 0 atom stereocenters. The Morgan fingerprint density at radius 3 is 2.15 bits per heavy atom. The van der Waals surface area contributed by atoms with Gasteiger partial charge in [0.15, 0.2) is 6.29 Å². The molecule has 1 rings (SSSR count). The van der Waals surface area contributed by atoms with Crippen molar-refractivity contribution in [2.45, 2.75) is 20.0 Å². The van der Waals surface area contributed by atoms with Crippen molar-refractivity contribution in [2.75, 3.05) is 0 Å². The summed E-state index contributed by atoms with van der Waals surface area (Å²) in [6, 6.07) is 6.92. The molecule has 1 aromatic rings. The van der Waals surface area contributed by atoms with E-state index in [1.807, 2.05) is 0 Å². The fourth-order valence-corrected chi connectivity index (χ4v) is 0.751. The van der Waals surface area contributed by atoms with Crippen molar-refractivity contribution in [3.63, 3.8) is 0 Å². The number of rotatable bonds is 1. The van der Waals surface area contributed by atoms with E-state index in [0.29, 0.717) is 10.6 Å². The number of halogens is 1. The van der Waals surface area contributed by atoms with Crippen molar-refractivity contribution in [2.24, 2.45) is 0 Å². The zero-order chi connectivity index (χ0) is 10.3. The molecule has 0 heterocycles. The second kappa shape index (κ2) is 6.63. The normalized spacial score (nSPS) is 9.00. The molecule has 0 amide bonds. The minimum Gasteiger partial charge on any atom is -0.394 e. The van der Waals surface area contributed by atoms with E-state index in [-0.39, 0.29) is 6.10 Å². The van der Waals surface area contributed by atoms with Gasteiger partial charge in [-0.05, 0) is 19.9 Å². The highest BCUT2D eigenvalue weighted by Crippen LogP contribution is 2.11. The molecule has 0 saturated carbocycles. The third-order valence-electron chi connectivity index (χ3n) is 1.03. The first-order valence-electron chi connectivity index (χ1n) is 3.95. The first kappa shape index (κ1) is 12.1. The van der Waals surface area contributed by atoms with Crippen LogP contribution in [0.15, 0.2) is 24.3 Å². The zero-order valence-corrected chi connectivity index (χ0v) is 8.45. The molecule has 0 radical (unpaired) electrons. The third-order valence-corrected chi connectivity index (χ3v) is 1.38. The van der Waals surface area contributed by atoms with Gasteiger partial charge in [0.1, 0.15) is 0 Å². The summed E-state index contributed by atoms with van der Waals surface area (Å²) in [6.07, 6.45) is 0.572. The minimum absolute atomic E-state index is 0.167. The number of carbonyl (C=O) groups excluding carboxylic acids is 1. The molecule has 0 saturated heterocycles. The molecule has 0 aromatic heterocycles. The summed E-state index contributed by atoms with van der Waals surface area (Å²) in [7, 11) is 0. The molecule has 0 unspecified atom stereocenters. The van der Waals surface area contributed by atoms with E-state index >= 15 is 0 Å². The van der Waals surface area contributed by atoms with Crippen LogP contribution < -0.4 is 0 Å². The molecule has 72 valence electrons. The van der Waals surface area contributed by atoms with Crippen molar-refractivity contribution >= 4 is 17.9 Å². The van der Waals surface area contributed by atoms with Crippen LogP contribution >= 0.6 is 11.6 Å². The fraction of sp³-hybridized carbons (Fsp3) is 0.300. The molecule has 0 fully saturated rings. The van der Waals surface area contributed by atoms with E-state index in [1.54, 1.807) is 38.1 Å². The minimum atomic E-state index is -0.167. The van der Waals surface area contributed by atoms with Gasteiger partial charge in [0, 0.05) is 11.7 Å². The highest BCUT2D eigenvalue weighted by molar-refractivity contribution is 6.32. The summed E-state index contributed by atoms with van der Waals surface area (Å²) in [5.74, 6) is 0. The number of hydrogen-bond acceptors (Lipinski definition) is 2. The third kappa shape index (κ3) is 6.31. The van der Waals surface area contributed by atoms with Gasteiger partial charge in [-0.3, -0.25) is 4.79 Å². The van der Waals surface area contributed by atoms with E-state index in [1.165, 1.54) is 0 Å². The number of hydrogen-bond donors (Lipinski definition) is 1. The summed E-state index contributed by atoms with van der Waals surface area (Å²) >= 11 is 5.59. The lowest BCUT2D eigenvalue weighted by molar-refractivity contribution is 0.112. The van der Waals surface area contributed by atoms with E-state index in [0.717, 1.165) is 6.29 Å². The first-order chi connectivity index (χ1) is 6.07. The topological polar surface area (TPSA) is 37.3 Å². The predicted molar refractivity (Wildman–Crippen MR) is 54.2 cm³/mol. The van der Waals surface area contributed by atoms with Crippen molar-refractivity contribution in [1.82, 2.24) is 0 Å². The Bertz CT molecular complexity index is 256. The maximum Gasteiger partial charge on any atom is 0.151 e. The smallest absolute Gasteiger partial charge is 0.151 e. The SMILES string of the molecule is CC(C)O.O=Cc1ccccc1Cl. The molecule has 3 heteroatoms. The van der Waals surface area contributed by atoms with Crippen LogP contribution in [0.2, 0.25) is 5.02 Å².